The zero-order chi connectivity index (χ0) is 15.8. The highest BCUT2D eigenvalue weighted by Crippen LogP contribution is 2.24. The first-order chi connectivity index (χ1) is 11.2. The van der Waals surface area contributed by atoms with E-state index in [0.29, 0.717) is 23.0 Å². The third-order valence-corrected chi connectivity index (χ3v) is 4.22. The van der Waals surface area contributed by atoms with Crippen LogP contribution < -0.4 is 10.9 Å². The first-order valence-electron chi connectivity index (χ1n) is 7.62. The summed E-state index contributed by atoms with van der Waals surface area (Å²) in [6, 6.07) is 15.4. The third-order valence-electron chi connectivity index (χ3n) is 4.22. The SMILES string of the molecule is Cc1ccc(C2=NN[C@H](c3coc4ccccc4c3=O)C2)cc1. The first-order valence-corrected chi connectivity index (χ1v) is 7.62. The molecule has 0 saturated carbocycles. The van der Waals surface area contributed by atoms with Gasteiger partial charge in [0, 0.05) is 6.42 Å². The number of para-hydroxylation sites is 1. The molecule has 3 aromatic rings. The van der Waals surface area contributed by atoms with Gasteiger partial charge in [0.05, 0.1) is 22.7 Å². The Bertz CT molecular complexity index is 955. The van der Waals surface area contributed by atoms with Gasteiger partial charge in [0.15, 0.2) is 5.43 Å². The average Bonchev–Trinajstić information content (AvgIpc) is 3.06. The summed E-state index contributed by atoms with van der Waals surface area (Å²) in [5.74, 6) is 0. The van der Waals surface area contributed by atoms with Gasteiger partial charge in [0.2, 0.25) is 0 Å². The maximum Gasteiger partial charge on any atom is 0.198 e. The lowest BCUT2D eigenvalue weighted by molar-refractivity contribution is 0.552. The summed E-state index contributed by atoms with van der Waals surface area (Å²) in [5.41, 5.74) is 7.56. The highest BCUT2D eigenvalue weighted by molar-refractivity contribution is 6.01. The van der Waals surface area contributed by atoms with E-state index in [4.69, 9.17) is 4.42 Å². The molecule has 0 amide bonds. The van der Waals surface area contributed by atoms with Crippen LogP contribution in [0, 0.1) is 6.92 Å². The number of benzene rings is 2. The van der Waals surface area contributed by atoms with Gasteiger partial charge in [-0.25, -0.2) is 0 Å². The van der Waals surface area contributed by atoms with Crippen LogP contribution in [0.15, 0.2) is 69.1 Å². The van der Waals surface area contributed by atoms with E-state index < -0.39 is 0 Å². The fourth-order valence-electron chi connectivity index (χ4n) is 2.88. The topological polar surface area (TPSA) is 54.6 Å². The van der Waals surface area contributed by atoms with E-state index in [1.54, 1.807) is 18.4 Å². The van der Waals surface area contributed by atoms with Crippen LogP contribution in [-0.2, 0) is 0 Å². The van der Waals surface area contributed by atoms with Crippen LogP contribution in [0.4, 0.5) is 0 Å². The largest absolute Gasteiger partial charge is 0.464 e. The molecule has 23 heavy (non-hydrogen) atoms. The summed E-state index contributed by atoms with van der Waals surface area (Å²) < 4.78 is 5.60. The van der Waals surface area contributed by atoms with Crippen molar-refractivity contribution in [1.82, 2.24) is 5.43 Å². The Kier molecular flexibility index (Phi) is 3.23. The number of hydrogen-bond donors (Lipinski definition) is 1. The van der Waals surface area contributed by atoms with Crippen molar-refractivity contribution in [1.29, 1.82) is 0 Å². The highest BCUT2D eigenvalue weighted by atomic mass is 16.3. The first kappa shape index (κ1) is 13.8. The zero-order valence-corrected chi connectivity index (χ0v) is 12.7. The molecule has 1 N–H and O–H groups in total. The van der Waals surface area contributed by atoms with Crippen molar-refractivity contribution in [3.05, 3.63) is 81.7 Å². The van der Waals surface area contributed by atoms with Crippen LogP contribution in [0.3, 0.4) is 0 Å². The molecule has 114 valence electrons. The second-order valence-corrected chi connectivity index (χ2v) is 5.83. The quantitative estimate of drug-likeness (QED) is 0.788. The van der Waals surface area contributed by atoms with Gasteiger partial charge in [-0.05, 0) is 24.6 Å². The molecule has 0 bridgehead atoms. The molecule has 4 rings (SSSR count). The summed E-state index contributed by atoms with van der Waals surface area (Å²) in [6.45, 7) is 2.06. The zero-order valence-electron chi connectivity index (χ0n) is 12.7. The van der Waals surface area contributed by atoms with Gasteiger partial charge in [-0.1, -0.05) is 42.0 Å². The fraction of sp³-hybridized carbons (Fsp3) is 0.158. The Morgan fingerprint density at radius 2 is 1.91 bits per heavy atom. The van der Waals surface area contributed by atoms with Crippen molar-refractivity contribution in [2.75, 3.05) is 0 Å². The molecule has 4 nitrogen and oxygen atoms in total. The Morgan fingerprint density at radius 1 is 1.13 bits per heavy atom. The van der Waals surface area contributed by atoms with Gasteiger partial charge in [0.1, 0.15) is 11.8 Å². The molecule has 4 heteroatoms. The summed E-state index contributed by atoms with van der Waals surface area (Å²) in [5, 5.41) is 5.01. The minimum absolute atomic E-state index is 0.00436. The van der Waals surface area contributed by atoms with E-state index in [-0.39, 0.29) is 11.5 Å². The van der Waals surface area contributed by atoms with Crippen LogP contribution in [0.2, 0.25) is 0 Å². The number of fused-ring (bicyclic) bond motifs is 1. The van der Waals surface area contributed by atoms with Gasteiger partial charge in [0.25, 0.3) is 0 Å². The molecule has 2 heterocycles. The predicted octanol–water partition coefficient (Wildman–Crippen LogP) is 3.54. The van der Waals surface area contributed by atoms with Crippen molar-refractivity contribution in [2.45, 2.75) is 19.4 Å². The van der Waals surface area contributed by atoms with Gasteiger partial charge in [-0.2, -0.15) is 5.10 Å². The van der Waals surface area contributed by atoms with E-state index in [1.807, 2.05) is 12.1 Å². The Morgan fingerprint density at radius 3 is 2.74 bits per heavy atom. The van der Waals surface area contributed by atoms with Crippen molar-refractivity contribution in [2.24, 2.45) is 5.10 Å². The molecule has 1 atom stereocenters. The van der Waals surface area contributed by atoms with Gasteiger partial charge >= 0.3 is 0 Å². The molecule has 2 aromatic carbocycles. The Balaban J connectivity index is 1.65. The lowest BCUT2D eigenvalue weighted by Crippen LogP contribution is -2.19. The van der Waals surface area contributed by atoms with Crippen LogP contribution in [0.5, 0.6) is 0 Å². The van der Waals surface area contributed by atoms with Crippen molar-refractivity contribution in [3.63, 3.8) is 0 Å². The standard InChI is InChI=1S/C19H16N2O2/c1-12-6-8-13(9-7-12)16-10-17(21-20-16)15-11-23-18-5-3-2-4-14(18)19(15)22/h2-9,11,17,21H,10H2,1H3/t17-/m0/s1. The molecule has 0 radical (unpaired) electrons. The lowest BCUT2D eigenvalue weighted by atomic mass is 9.99. The number of nitrogens with zero attached hydrogens (tertiary/aromatic N) is 1. The molecule has 1 aliphatic heterocycles. The van der Waals surface area contributed by atoms with E-state index in [2.05, 4.69) is 41.7 Å². The van der Waals surface area contributed by atoms with E-state index in [0.717, 1.165) is 11.3 Å². The van der Waals surface area contributed by atoms with Crippen LogP contribution in [0.1, 0.15) is 29.2 Å². The summed E-state index contributed by atoms with van der Waals surface area (Å²) in [6.07, 6.45) is 2.22. The number of rotatable bonds is 2. The van der Waals surface area contributed by atoms with E-state index >= 15 is 0 Å². The van der Waals surface area contributed by atoms with Crippen molar-refractivity contribution >= 4 is 16.7 Å². The Labute approximate surface area is 133 Å². The monoisotopic (exact) mass is 304 g/mol. The van der Waals surface area contributed by atoms with Crippen LogP contribution in [0.25, 0.3) is 11.0 Å². The molecule has 0 spiro atoms. The maximum absolute atomic E-state index is 12.7. The molecular formula is C19H16N2O2. The van der Waals surface area contributed by atoms with Gasteiger partial charge in [-0.15, -0.1) is 0 Å². The Hall–Kier alpha value is -2.88. The lowest BCUT2D eigenvalue weighted by Gasteiger charge is -2.09. The van der Waals surface area contributed by atoms with E-state index in [9.17, 15) is 4.79 Å². The summed E-state index contributed by atoms with van der Waals surface area (Å²) in [7, 11) is 0. The maximum atomic E-state index is 12.7. The molecular weight excluding hydrogens is 288 g/mol. The smallest absolute Gasteiger partial charge is 0.198 e. The normalized spacial score (nSPS) is 17.1. The molecule has 1 aromatic heterocycles. The molecule has 0 saturated heterocycles. The fourth-order valence-corrected chi connectivity index (χ4v) is 2.88. The number of nitrogens with one attached hydrogen (secondary N) is 1. The van der Waals surface area contributed by atoms with Gasteiger partial charge in [-0.3, -0.25) is 4.79 Å². The molecule has 1 aliphatic rings. The van der Waals surface area contributed by atoms with Crippen molar-refractivity contribution < 1.29 is 4.42 Å². The summed E-state index contributed by atoms with van der Waals surface area (Å²) >= 11 is 0. The predicted molar refractivity (Wildman–Crippen MR) is 90.7 cm³/mol. The molecule has 0 unspecified atom stereocenters. The molecule has 0 fully saturated rings. The van der Waals surface area contributed by atoms with Crippen molar-refractivity contribution in [3.8, 4) is 0 Å². The minimum Gasteiger partial charge on any atom is -0.464 e. The third kappa shape index (κ3) is 2.42. The minimum atomic E-state index is -0.146. The second-order valence-electron chi connectivity index (χ2n) is 5.83. The van der Waals surface area contributed by atoms with Gasteiger partial charge < -0.3 is 9.84 Å². The van der Waals surface area contributed by atoms with Crippen LogP contribution >= 0.6 is 0 Å². The second kappa shape index (κ2) is 5.39. The number of hydrazone groups is 1. The summed E-state index contributed by atoms with van der Waals surface area (Å²) in [4.78, 5) is 12.7. The highest BCUT2D eigenvalue weighted by Gasteiger charge is 2.24. The van der Waals surface area contributed by atoms with Crippen LogP contribution in [-0.4, -0.2) is 5.71 Å². The average molecular weight is 304 g/mol. The number of aryl methyl sites for hydroxylation is 1. The number of hydrogen-bond acceptors (Lipinski definition) is 4. The van der Waals surface area contributed by atoms with E-state index in [1.165, 1.54) is 5.56 Å². The molecule has 0 aliphatic carbocycles.